The topological polar surface area (TPSA) is 28.2 Å². The second-order valence-corrected chi connectivity index (χ2v) is 6.92. The lowest BCUT2D eigenvalue weighted by molar-refractivity contribution is 0.0739. The van der Waals surface area contributed by atoms with Gasteiger partial charge in [-0.1, -0.05) is 22.9 Å². The molecule has 0 radical (unpaired) electrons. The Balaban J connectivity index is 1.75. The maximum absolute atomic E-state index is 6.00. The summed E-state index contributed by atoms with van der Waals surface area (Å²) in [5, 5.41) is 5.26. The van der Waals surface area contributed by atoms with Gasteiger partial charge in [0.15, 0.2) is 5.13 Å². The zero-order valence-electron chi connectivity index (χ0n) is 11.2. The van der Waals surface area contributed by atoms with Crippen LogP contribution in [0.5, 0.6) is 0 Å². The Morgan fingerprint density at radius 1 is 1.42 bits per heavy atom. The number of anilines is 1. The quantitative estimate of drug-likeness (QED) is 0.929. The normalized spacial score (nSPS) is 17.7. The highest BCUT2D eigenvalue weighted by atomic mass is 35.5. The molecule has 0 unspecified atom stereocenters. The van der Waals surface area contributed by atoms with Crippen LogP contribution in [0.3, 0.4) is 0 Å². The van der Waals surface area contributed by atoms with Gasteiger partial charge in [-0.2, -0.15) is 0 Å². The van der Waals surface area contributed by atoms with E-state index in [4.69, 9.17) is 11.6 Å². The SMILES string of the molecule is CN(C)C1(CNc2nc3ccc(Cl)cc3s2)CCC1. The molecule has 0 bridgehead atoms. The molecule has 0 spiro atoms. The maximum atomic E-state index is 6.00. The van der Waals surface area contributed by atoms with Crippen molar-refractivity contribution < 1.29 is 0 Å². The molecular weight excluding hydrogens is 278 g/mol. The zero-order valence-corrected chi connectivity index (χ0v) is 12.8. The number of benzene rings is 1. The standard InChI is InChI=1S/C14H18ClN3S/c1-18(2)14(6-3-7-14)9-16-13-17-11-5-4-10(15)8-12(11)19-13/h4-5,8H,3,6-7,9H2,1-2H3,(H,16,17). The molecule has 1 aromatic carbocycles. The third-order valence-electron chi connectivity index (χ3n) is 4.15. The fourth-order valence-electron chi connectivity index (χ4n) is 2.58. The molecule has 2 aromatic rings. The van der Waals surface area contributed by atoms with Gasteiger partial charge in [-0.3, -0.25) is 0 Å². The Morgan fingerprint density at radius 2 is 2.21 bits per heavy atom. The molecule has 0 amide bonds. The van der Waals surface area contributed by atoms with Crippen molar-refractivity contribution in [1.29, 1.82) is 0 Å². The van der Waals surface area contributed by atoms with E-state index in [1.54, 1.807) is 11.3 Å². The Morgan fingerprint density at radius 3 is 2.84 bits per heavy atom. The van der Waals surface area contributed by atoms with Crippen molar-refractivity contribution in [2.24, 2.45) is 0 Å². The van der Waals surface area contributed by atoms with Crippen molar-refractivity contribution in [2.75, 3.05) is 26.0 Å². The van der Waals surface area contributed by atoms with Crippen LogP contribution in [-0.4, -0.2) is 36.1 Å². The minimum Gasteiger partial charge on any atom is -0.360 e. The highest BCUT2D eigenvalue weighted by Crippen LogP contribution is 2.37. The van der Waals surface area contributed by atoms with E-state index >= 15 is 0 Å². The van der Waals surface area contributed by atoms with E-state index < -0.39 is 0 Å². The summed E-state index contributed by atoms with van der Waals surface area (Å²) in [5.41, 5.74) is 1.33. The van der Waals surface area contributed by atoms with Gasteiger partial charge in [0.1, 0.15) is 0 Å². The fourth-order valence-corrected chi connectivity index (χ4v) is 3.72. The van der Waals surface area contributed by atoms with E-state index in [0.717, 1.165) is 26.9 Å². The molecule has 1 aliphatic carbocycles. The largest absolute Gasteiger partial charge is 0.360 e. The predicted octanol–water partition coefficient (Wildman–Crippen LogP) is 3.85. The summed E-state index contributed by atoms with van der Waals surface area (Å²) >= 11 is 7.68. The van der Waals surface area contributed by atoms with Crippen LogP contribution in [0.2, 0.25) is 5.02 Å². The minimum atomic E-state index is 0.315. The lowest BCUT2D eigenvalue weighted by atomic mass is 9.75. The smallest absolute Gasteiger partial charge is 0.183 e. The number of thiazole rings is 1. The Hall–Kier alpha value is -0.840. The van der Waals surface area contributed by atoms with Gasteiger partial charge in [0.2, 0.25) is 0 Å². The summed E-state index contributed by atoms with van der Waals surface area (Å²) in [6, 6.07) is 5.84. The molecule has 1 heterocycles. The number of hydrogen-bond donors (Lipinski definition) is 1. The zero-order chi connectivity index (χ0) is 13.5. The highest BCUT2D eigenvalue weighted by molar-refractivity contribution is 7.22. The molecule has 102 valence electrons. The number of nitrogens with one attached hydrogen (secondary N) is 1. The summed E-state index contributed by atoms with van der Waals surface area (Å²) in [6.07, 6.45) is 3.86. The summed E-state index contributed by atoms with van der Waals surface area (Å²) in [6.45, 7) is 0.966. The van der Waals surface area contributed by atoms with Gasteiger partial charge in [-0.25, -0.2) is 4.98 Å². The maximum Gasteiger partial charge on any atom is 0.183 e. The average Bonchev–Trinajstić information content (AvgIpc) is 2.68. The lowest BCUT2D eigenvalue weighted by Crippen LogP contribution is -2.54. The van der Waals surface area contributed by atoms with Crippen LogP contribution in [0.15, 0.2) is 18.2 Å². The average molecular weight is 296 g/mol. The van der Waals surface area contributed by atoms with Gasteiger partial charge in [-0.05, 0) is 51.6 Å². The Labute approximate surface area is 122 Å². The van der Waals surface area contributed by atoms with Crippen LogP contribution in [0, 0.1) is 0 Å². The number of halogens is 1. The van der Waals surface area contributed by atoms with E-state index in [-0.39, 0.29) is 0 Å². The van der Waals surface area contributed by atoms with E-state index in [2.05, 4.69) is 29.3 Å². The molecule has 0 aliphatic heterocycles. The lowest BCUT2D eigenvalue weighted by Gasteiger charge is -2.47. The van der Waals surface area contributed by atoms with Crippen LogP contribution in [0.1, 0.15) is 19.3 Å². The van der Waals surface area contributed by atoms with Crippen LogP contribution >= 0.6 is 22.9 Å². The van der Waals surface area contributed by atoms with Gasteiger partial charge in [0.05, 0.1) is 10.2 Å². The Kier molecular flexibility index (Phi) is 3.41. The summed E-state index contributed by atoms with van der Waals surface area (Å²) in [7, 11) is 4.33. The first-order valence-electron chi connectivity index (χ1n) is 6.56. The molecule has 3 rings (SSSR count). The third-order valence-corrected chi connectivity index (χ3v) is 5.36. The van der Waals surface area contributed by atoms with Gasteiger partial charge in [-0.15, -0.1) is 0 Å². The molecule has 5 heteroatoms. The molecule has 3 nitrogen and oxygen atoms in total. The second kappa shape index (κ2) is 4.93. The monoisotopic (exact) mass is 295 g/mol. The fraction of sp³-hybridized carbons (Fsp3) is 0.500. The van der Waals surface area contributed by atoms with Crippen LogP contribution < -0.4 is 5.32 Å². The van der Waals surface area contributed by atoms with Gasteiger partial charge < -0.3 is 10.2 Å². The van der Waals surface area contributed by atoms with Crippen molar-refractivity contribution in [3.05, 3.63) is 23.2 Å². The van der Waals surface area contributed by atoms with Crippen LogP contribution in [0.4, 0.5) is 5.13 Å². The third kappa shape index (κ3) is 2.45. The number of fused-ring (bicyclic) bond motifs is 1. The second-order valence-electron chi connectivity index (χ2n) is 5.46. The first-order chi connectivity index (χ1) is 9.09. The Bertz CT molecular complexity index is 589. The first-order valence-corrected chi connectivity index (χ1v) is 7.76. The number of nitrogens with zero attached hydrogens (tertiary/aromatic N) is 2. The van der Waals surface area contributed by atoms with Gasteiger partial charge >= 0.3 is 0 Å². The summed E-state index contributed by atoms with van der Waals surface area (Å²) in [5.74, 6) is 0. The van der Waals surface area contributed by atoms with Crippen LogP contribution in [0.25, 0.3) is 10.2 Å². The number of aromatic nitrogens is 1. The van der Waals surface area contributed by atoms with E-state index in [1.165, 1.54) is 19.3 Å². The summed E-state index contributed by atoms with van der Waals surface area (Å²) < 4.78 is 1.14. The number of likely N-dealkylation sites (N-methyl/N-ethyl adjacent to an activating group) is 1. The molecule has 19 heavy (non-hydrogen) atoms. The van der Waals surface area contributed by atoms with Gasteiger partial charge in [0, 0.05) is 17.1 Å². The van der Waals surface area contributed by atoms with Crippen molar-refractivity contribution in [3.8, 4) is 0 Å². The van der Waals surface area contributed by atoms with E-state index in [9.17, 15) is 0 Å². The molecule has 1 aliphatic rings. The molecule has 1 fully saturated rings. The molecule has 1 aromatic heterocycles. The van der Waals surface area contributed by atoms with E-state index in [0.29, 0.717) is 5.54 Å². The predicted molar refractivity (Wildman–Crippen MR) is 83.4 cm³/mol. The molecule has 1 N–H and O–H groups in total. The molecule has 1 saturated carbocycles. The van der Waals surface area contributed by atoms with Crippen molar-refractivity contribution in [1.82, 2.24) is 9.88 Å². The van der Waals surface area contributed by atoms with Crippen LogP contribution in [-0.2, 0) is 0 Å². The summed E-state index contributed by atoms with van der Waals surface area (Å²) in [4.78, 5) is 6.95. The highest BCUT2D eigenvalue weighted by Gasteiger charge is 2.38. The molecular formula is C14H18ClN3S. The number of hydrogen-bond acceptors (Lipinski definition) is 4. The molecule has 0 atom stereocenters. The van der Waals surface area contributed by atoms with Gasteiger partial charge in [0.25, 0.3) is 0 Å². The van der Waals surface area contributed by atoms with Crippen molar-refractivity contribution >= 4 is 38.3 Å². The minimum absolute atomic E-state index is 0.315. The van der Waals surface area contributed by atoms with E-state index in [1.807, 2.05) is 18.2 Å². The van der Waals surface area contributed by atoms with Crippen molar-refractivity contribution in [3.63, 3.8) is 0 Å². The van der Waals surface area contributed by atoms with Crippen molar-refractivity contribution in [2.45, 2.75) is 24.8 Å². The first kappa shape index (κ1) is 13.2. The molecule has 0 saturated heterocycles. The number of rotatable bonds is 4.